The van der Waals surface area contributed by atoms with E-state index in [2.05, 4.69) is 10.6 Å². The molecule has 16 heavy (non-hydrogen) atoms. The molecule has 0 saturated carbocycles. The smallest absolute Gasteiger partial charge is 0.143 e. The van der Waals surface area contributed by atoms with E-state index >= 15 is 0 Å². The maximum Gasteiger partial charge on any atom is 0.143 e. The van der Waals surface area contributed by atoms with E-state index in [1.165, 1.54) is 0 Å². The van der Waals surface area contributed by atoms with Gasteiger partial charge in [-0.05, 0) is 42.8 Å². The molecule has 0 bridgehead atoms. The molecule has 0 aromatic heterocycles. The molecule has 4 heteroatoms. The van der Waals surface area contributed by atoms with Crippen molar-refractivity contribution in [2.75, 3.05) is 20.1 Å². The summed E-state index contributed by atoms with van der Waals surface area (Å²) < 4.78 is 0. The van der Waals surface area contributed by atoms with Crippen LogP contribution in [0.25, 0.3) is 0 Å². The molecule has 1 heterocycles. The molecule has 1 aliphatic rings. The van der Waals surface area contributed by atoms with Gasteiger partial charge in [0, 0.05) is 19.5 Å². The lowest BCUT2D eigenvalue weighted by atomic mass is 9.81. The number of carbonyl (C=O) groups is 2. The van der Waals surface area contributed by atoms with Gasteiger partial charge in [0.05, 0.1) is 0 Å². The zero-order chi connectivity index (χ0) is 11.8. The summed E-state index contributed by atoms with van der Waals surface area (Å²) in [6, 6.07) is 0. The molecule has 4 nitrogen and oxygen atoms in total. The Bertz CT molecular complexity index is 297. The SMILES string of the molecule is CN/C=C\C(=C/C=O)[C@H]1CCNC[C@@H]1C=O. The highest BCUT2D eigenvalue weighted by Gasteiger charge is 2.26. The molecule has 0 spiro atoms. The third-order valence-electron chi connectivity index (χ3n) is 2.83. The van der Waals surface area contributed by atoms with E-state index in [1.807, 2.05) is 6.08 Å². The highest BCUT2D eigenvalue weighted by atomic mass is 16.1. The Labute approximate surface area is 95.8 Å². The first-order valence-corrected chi connectivity index (χ1v) is 5.48. The van der Waals surface area contributed by atoms with Crippen molar-refractivity contribution in [3.8, 4) is 0 Å². The lowest BCUT2D eigenvalue weighted by molar-refractivity contribution is -0.112. The summed E-state index contributed by atoms with van der Waals surface area (Å²) in [6.07, 6.45) is 7.82. The molecule has 2 N–H and O–H groups in total. The zero-order valence-electron chi connectivity index (χ0n) is 9.48. The maximum atomic E-state index is 11.0. The highest BCUT2D eigenvalue weighted by Crippen LogP contribution is 2.26. The lowest BCUT2D eigenvalue weighted by Crippen LogP contribution is -2.38. The fourth-order valence-electron chi connectivity index (χ4n) is 2.00. The van der Waals surface area contributed by atoms with Crippen molar-refractivity contribution < 1.29 is 9.59 Å². The molecular weight excluding hydrogens is 204 g/mol. The Morgan fingerprint density at radius 1 is 1.44 bits per heavy atom. The van der Waals surface area contributed by atoms with Crippen LogP contribution in [-0.2, 0) is 9.59 Å². The minimum absolute atomic E-state index is 0.0403. The van der Waals surface area contributed by atoms with Crippen molar-refractivity contribution in [3.63, 3.8) is 0 Å². The van der Waals surface area contributed by atoms with E-state index in [0.717, 1.165) is 31.1 Å². The molecule has 0 radical (unpaired) electrons. The third-order valence-corrected chi connectivity index (χ3v) is 2.83. The van der Waals surface area contributed by atoms with Gasteiger partial charge in [-0.2, -0.15) is 0 Å². The molecule has 0 aromatic carbocycles. The van der Waals surface area contributed by atoms with E-state index in [9.17, 15) is 9.59 Å². The van der Waals surface area contributed by atoms with Crippen molar-refractivity contribution in [2.45, 2.75) is 6.42 Å². The lowest BCUT2D eigenvalue weighted by Gasteiger charge is -2.29. The topological polar surface area (TPSA) is 58.2 Å². The first-order chi connectivity index (χ1) is 7.83. The van der Waals surface area contributed by atoms with E-state index in [1.54, 1.807) is 19.3 Å². The van der Waals surface area contributed by atoms with Gasteiger partial charge in [-0.3, -0.25) is 4.79 Å². The molecule has 0 aromatic rings. The van der Waals surface area contributed by atoms with Gasteiger partial charge in [-0.15, -0.1) is 0 Å². The van der Waals surface area contributed by atoms with Crippen LogP contribution >= 0.6 is 0 Å². The van der Waals surface area contributed by atoms with Gasteiger partial charge in [-0.1, -0.05) is 0 Å². The summed E-state index contributed by atoms with van der Waals surface area (Å²) in [4.78, 5) is 21.5. The van der Waals surface area contributed by atoms with Gasteiger partial charge >= 0.3 is 0 Å². The summed E-state index contributed by atoms with van der Waals surface area (Å²) in [5.74, 6) is 0.106. The first-order valence-electron chi connectivity index (χ1n) is 5.48. The maximum absolute atomic E-state index is 11.0. The second-order valence-electron chi connectivity index (χ2n) is 3.82. The Balaban J connectivity index is 2.82. The first kappa shape index (κ1) is 12.6. The summed E-state index contributed by atoms with van der Waals surface area (Å²) in [7, 11) is 1.80. The molecule has 2 atom stereocenters. The Kier molecular flexibility index (Phi) is 5.50. The summed E-state index contributed by atoms with van der Waals surface area (Å²) in [5, 5.41) is 6.07. The average Bonchev–Trinajstić information content (AvgIpc) is 2.34. The quantitative estimate of drug-likeness (QED) is 0.398. The fourth-order valence-corrected chi connectivity index (χ4v) is 2.00. The predicted molar refractivity (Wildman–Crippen MR) is 62.9 cm³/mol. The Morgan fingerprint density at radius 3 is 2.88 bits per heavy atom. The second-order valence-corrected chi connectivity index (χ2v) is 3.82. The van der Waals surface area contributed by atoms with Gasteiger partial charge in [0.25, 0.3) is 0 Å². The monoisotopic (exact) mass is 222 g/mol. The third kappa shape index (κ3) is 3.31. The van der Waals surface area contributed by atoms with Gasteiger partial charge in [0.15, 0.2) is 0 Å². The molecule has 1 rings (SSSR count). The molecule has 1 aliphatic heterocycles. The minimum atomic E-state index is -0.0403. The van der Waals surface area contributed by atoms with E-state index in [-0.39, 0.29) is 11.8 Å². The number of hydrogen-bond acceptors (Lipinski definition) is 4. The van der Waals surface area contributed by atoms with Crippen LogP contribution in [0.3, 0.4) is 0 Å². The predicted octanol–water partition coefficient (Wildman–Crippen LogP) is 0.269. The van der Waals surface area contributed by atoms with Crippen molar-refractivity contribution >= 4 is 12.6 Å². The van der Waals surface area contributed by atoms with Crippen LogP contribution in [0.2, 0.25) is 0 Å². The van der Waals surface area contributed by atoms with Crippen LogP contribution in [0.1, 0.15) is 6.42 Å². The molecule has 1 fully saturated rings. The highest BCUT2D eigenvalue weighted by molar-refractivity contribution is 5.68. The largest absolute Gasteiger partial charge is 0.394 e. The standard InChI is InChI=1S/C12H18N2O2/c1-13-5-2-10(4-7-15)12-3-6-14-8-11(12)9-16/h2,4-5,7,9,11-14H,3,6,8H2,1H3/b5-2-,10-4+/t11-,12-/m1/s1. The van der Waals surface area contributed by atoms with Gasteiger partial charge < -0.3 is 15.4 Å². The van der Waals surface area contributed by atoms with Crippen LogP contribution in [-0.4, -0.2) is 32.7 Å². The molecule has 0 amide bonds. The van der Waals surface area contributed by atoms with Crippen LogP contribution < -0.4 is 10.6 Å². The average molecular weight is 222 g/mol. The normalized spacial score (nSPS) is 26.7. The van der Waals surface area contributed by atoms with Gasteiger partial charge in [-0.25, -0.2) is 0 Å². The molecule has 1 saturated heterocycles. The van der Waals surface area contributed by atoms with Crippen LogP contribution in [0.15, 0.2) is 23.9 Å². The molecular formula is C12H18N2O2. The van der Waals surface area contributed by atoms with Crippen LogP contribution in [0.4, 0.5) is 0 Å². The summed E-state index contributed by atoms with van der Waals surface area (Å²) in [6.45, 7) is 1.58. The minimum Gasteiger partial charge on any atom is -0.394 e. The Morgan fingerprint density at radius 2 is 2.25 bits per heavy atom. The van der Waals surface area contributed by atoms with Crippen molar-refractivity contribution in [3.05, 3.63) is 23.9 Å². The van der Waals surface area contributed by atoms with Crippen LogP contribution in [0, 0.1) is 11.8 Å². The fraction of sp³-hybridized carbons (Fsp3) is 0.500. The number of nitrogens with one attached hydrogen (secondary N) is 2. The summed E-state index contributed by atoms with van der Waals surface area (Å²) in [5.41, 5.74) is 0.919. The van der Waals surface area contributed by atoms with Crippen molar-refractivity contribution in [1.82, 2.24) is 10.6 Å². The van der Waals surface area contributed by atoms with E-state index < -0.39 is 0 Å². The number of allylic oxidation sites excluding steroid dienone is 3. The van der Waals surface area contributed by atoms with E-state index in [0.29, 0.717) is 6.54 Å². The second kappa shape index (κ2) is 6.95. The molecule has 88 valence electrons. The summed E-state index contributed by atoms with van der Waals surface area (Å²) >= 11 is 0. The van der Waals surface area contributed by atoms with E-state index in [4.69, 9.17) is 0 Å². The number of rotatable bonds is 5. The van der Waals surface area contributed by atoms with Crippen molar-refractivity contribution in [2.24, 2.45) is 11.8 Å². The number of piperidine rings is 1. The number of carbonyl (C=O) groups excluding carboxylic acids is 2. The number of hydrogen-bond donors (Lipinski definition) is 2. The Hall–Kier alpha value is -1.42. The molecule has 0 unspecified atom stereocenters. The zero-order valence-corrected chi connectivity index (χ0v) is 9.48. The number of aldehydes is 2. The van der Waals surface area contributed by atoms with Gasteiger partial charge in [0.1, 0.15) is 12.6 Å². The van der Waals surface area contributed by atoms with Crippen molar-refractivity contribution in [1.29, 1.82) is 0 Å². The van der Waals surface area contributed by atoms with Gasteiger partial charge in [0.2, 0.25) is 0 Å². The molecule has 0 aliphatic carbocycles. The van der Waals surface area contributed by atoms with Crippen LogP contribution in [0.5, 0.6) is 0 Å².